The normalized spacial score (nSPS) is 14.1. The predicted octanol–water partition coefficient (Wildman–Crippen LogP) is 3.46. The Balaban J connectivity index is 0.00000109. The highest BCUT2D eigenvalue weighted by Crippen LogP contribution is 2.32. The first kappa shape index (κ1) is 19.3. The number of hydrogen-bond acceptors (Lipinski definition) is 4. The Morgan fingerprint density at radius 3 is 2.52 bits per heavy atom. The summed E-state index contributed by atoms with van der Waals surface area (Å²) < 4.78 is 53.0. The molecule has 0 fully saturated rings. The van der Waals surface area contributed by atoms with E-state index in [9.17, 15) is 17.2 Å². The van der Waals surface area contributed by atoms with Crippen LogP contribution < -0.4 is 4.31 Å². The van der Waals surface area contributed by atoms with Crippen LogP contribution in [0.3, 0.4) is 0 Å². The van der Waals surface area contributed by atoms with Crippen molar-refractivity contribution in [2.24, 2.45) is 0 Å². The van der Waals surface area contributed by atoms with Gasteiger partial charge in [0.15, 0.2) is 0 Å². The maximum absolute atomic E-state index is 12.9. The van der Waals surface area contributed by atoms with Crippen LogP contribution in [0.25, 0.3) is 0 Å². The summed E-state index contributed by atoms with van der Waals surface area (Å²) >= 11 is 0. The van der Waals surface area contributed by atoms with Crippen LogP contribution in [0.5, 0.6) is 0 Å². The molecular formula is C16H22F2N4O2S. The number of aryl methyl sites for hydroxylation is 3. The molecule has 0 amide bonds. The van der Waals surface area contributed by atoms with Gasteiger partial charge in [0, 0.05) is 12.7 Å². The Bertz CT molecular complexity index is 850. The molecule has 25 heavy (non-hydrogen) atoms. The van der Waals surface area contributed by atoms with Gasteiger partial charge in [-0.05, 0) is 38.3 Å². The zero-order valence-corrected chi connectivity index (χ0v) is 15.5. The van der Waals surface area contributed by atoms with Gasteiger partial charge in [0.05, 0.1) is 23.3 Å². The van der Waals surface area contributed by atoms with E-state index in [-0.39, 0.29) is 10.6 Å². The molecule has 0 saturated heterocycles. The average Bonchev–Trinajstić information content (AvgIpc) is 2.99. The fourth-order valence-electron chi connectivity index (χ4n) is 2.69. The highest BCUT2D eigenvalue weighted by atomic mass is 32.2. The number of nitrogens with zero attached hydrogens (tertiary/aromatic N) is 4. The van der Waals surface area contributed by atoms with E-state index in [4.69, 9.17) is 0 Å². The fraction of sp³-hybridized carbons (Fsp3) is 0.500. The van der Waals surface area contributed by atoms with Gasteiger partial charge >= 0.3 is 6.55 Å². The third-order valence-corrected chi connectivity index (χ3v) is 5.68. The van der Waals surface area contributed by atoms with Gasteiger partial charge in [0.1, 0.15) is 4.90 Å². The monoisotopic (exact) mass is 372 g/mol. The van der Waals surface area contributed by atoms with Gasteiger partial charge in [-0.1, -0.05) is 13.8 Å². The van der Waals surface area contributed by atoms with E-state index in [1.54, 1.807) is 12.3 Å². The lowest BCUT2D eigenvalue weighted by Gasteiger charge is -2.29. The van der Waals surface area contributed by atoms with Crippen LogP contribution in [0, 0.1) is 13.8 Å². The number of pyridine rings is 1. The SMILES string of the molecule is CC.Cc1cnc2c(c1)N(S(=O)(=O)c1cn(C(F)F)nc1C)CCC2. The van der Waals surface area contributed by atoms with Crippen molar-refractivity contribution in [1.29, 1.82) is 0 Å². The molecule has 3 rings (SSSR count). The standard InChI is InChI=1S/C14H16F2N4O2S.C2H6/c1-9-6-12-11(17-7-9)4-3-5-20(12)23(21,22)13-8-19(14(15)16)18-10(13)2;1-2/h6-8,14H,3-5H2,1-2H3;1-2H3. The summed E-state index contributed by atoms with van der Waals surface area (Å²) in [4.78, 5) is 4.08. The molecule has 0 N–H and O–H groups in total. The molecule has 0 aliphatic carbocycles. The fourth-order valence-corrected chi connectivity index (χ4v) is 4.37. The summed E-state index contributed by atoms with van der Waals surface area (Å²) in [6, 6.07) is 1.76. The Hall–Kier alpha value is -2.03. The summed E-state index contributed by atoms with van der Waals surface area (Å²) in [6.45, 7) is 4.65. The highest BCUT2D eigenvalue weighted by Gasteiger charge is 2.33. The number of aromatic nitrogens is 3. The minimum atomic E-state index is -3.96. The molecule has 0 atom stereocenters. The quantitative estimate of drug-likeness (QED) is 0.827. The van der Waals surface area contributed by atoms with Crippen LogP contribution in [-0.2, 0) is 16.4 Å². The second-order valence-electron chi connectivity index (χ2n) is 5.50. The maximum Gasteiger partial charge on any atom is 0.333 e. The average molecular weight is 372 g/mol. The first-order valence-corrected chi connectivity index (χ1v) is 9.57. The summed E-state index contributed by atoms with van der Waals surface area (Å²) in [5.41, 5.74) is 2.11. The summed E-state index contributed by atoms with van der Waals surface area (Å²) in [6.07, 6.45) is 3.89. The second-order valence-corrected chi connectivity index (χ2v) is 7.33. The molecule has 0 saturated carbocycles. The number of sulfonamides is 1. The van der Waals surface area contributed by atoms with Gasteiger partial charge in [-0.15, -0.1) is 0 Å². The van der Waals surface area contributed by atoms with Crippen molar-refractivity contribution in [1.82, 2.24) is 14.8 Å². The van der Waals surface area contributed by atoms with E-state index in [1.165, 1.54) is 11.2 Å². The van der Waals surface area contributed by atoms with Crippen molar-refractivity contribution < 1.29 is 17.2 Å². The molecule has 1 aliphatic heterocycles. The third-order valence-electron chi connectivity index (χ3n) is 3.77. The second kappa shape index (κ2) is 7.47. The van der Waals surface area contributed by atoms with E-state index in [1.807, 2.05) is 20.8 Å². The topological polar surface area (TPSA) is 68.1 Å². The van der Waals surface area contributed by atoms with Gasteiger partial charge in [-0.2, -0.15) is 13.9 Å². The number of anilines is 1. The molecule has 9 heteroatoms. The van der Waals surface area contributed by atoms with E-state index in [0.29, 0.717) is 35.4 Å². The van der Waals surface area contributed by atoms with Crippen molar-refractivity contribution in [3.05, 3.63) is 35.4 Å². The van der Waals surface area contributed by atoms with Crippen LogP contribution in [0.1, 0.15) is 43.8 Å². The Labute approximate surface area is 146 Å². The Morgan fingerprint density at radius 1 is 1.24 bits per heavy atom. The first-order valence-electron chi connectivity index (χ1n) is 8.13. The molecule has 0 spiro atoms. The van der Waals surface area contributed by atoms with Crippen molar-refractivity contribution in [3.63, 3.8) is 0 Å². The number of fused-ring (bicyclic) bond motifs is 1. The molecule has 1 aliphatic rings. The Kier molecular flexibility index (Phi) is 5.76. The minimum absolute atomic E-state index is 0.0537. The maximum atomic E-state index is 12.9. The van der Waals surface area contributed by atoms with E-state index >= 15 is 0 Å². The molecular weight excluding hydrogens is 350 g/mol. The lowest BCUT2D eigenvalue weighted by atomic mass is 10.1. The van der Waals surface area contributed by atoms with Crippen molar-refractivity contribution in [2.45, 2.75) is 52.0 Å². The molecule has 2 aromatic heterocycles. The van der Waals surface area contributed by atoms with Gasteiger partial charge in [-0.3, -0.25) is 9.29 Å². The third kappa shape index (κ3) is 3.65. The van der Waals surface area contributed by atoms with E-state index in [2.05, 4.69) is 10.1 Å². The molecule has 3 heterocycles. The van der Waals surface area contributed by atoms with E-state index < -0.39 is 16.6 Å². The highest BCUT2D eigenvalue weighted by molar-refractivity contribution is 7.92. The van der Waals surface area contributed by atoms with Gasteiger partial charge in [0.25, 0.3) is 10.0 Å². The van der Waals surface area contributed by atoms with Gasteiger partial charge in [0.2, 0.25) is 0 Å². The zero-order chi connectivity index (χ0) is 18.8. The molecule has 0 aromatic carbocycles. The van der Waals surface area contributed by atoms with Crippen LogP contribution >= 0.6 is 0 Å². The van der Waals surface area contributed by atoms with E-state index in [0.717, 1.165) is 11.8 Å². The summed E-state index contributed by atoms with van der Waals surface area (Å²) in [5.74, 6) is 0. The van der Waals surface area contributed by atoms with Crippen LogP contribution in [0.4, 0.5) is 14.5 Å². The van der Waals surface area contributed by atoms with Crippen molar-refractivity contribution >= 4 is 15.7 Å². The smallest absolute Gasteiger partial charge is 0.264 e. The molecule has 0 unspecified atom stereocenters. The largest absolute Gasteiger partial charge is 0.333 e. The van der Waals surface area contributed by atoms with Crippen molar-refractivity contribution in [3.8, 4) is 0 Å². The summed E-state index contributed by atoms with van der Waals surface area (Å²) in [7, 11) is -3.96. The minimum Gasteiger partial charge on any atom is -0.264 e. The lowest BCUT2D eigenvalue weighted by Crippen LogP contribution is -2.36. The molecule has 0 bridgehead atoms. The van der Waals surface area contributed by atoms with Crippen molar-refractivity contribution in [2.75, 3.05) is 10.8 Å². The molecule has 6 nitrogen and oxygen atoms in total. The summed E-state index contributed by atoms with van der Waals surface area (Å²) in [5, 5.41) is 3.59. The van der Waals surface area contributed by atoms with Crippen LogP contribution in [-0.4, -0.2) is 29.7 Å². The number of rotatable bonds is 3. The lowest BCUT2D eigenvalue weighted by molar-refractivity contribution is 0.0561. The van der Waals surface area contributed by atoms with Gasteiger partial charge < -0.3 is 0 Å². The molecule has 2 aromatic rings. The van der Waals surface area contributed by atoms with Gasteiger partial charge in [-0.25, -0.2) is 13.1 Å². The predicted molar refractivity (Wildman–Crippen MR) is 91.4 cm³/mol. The van der Waals surface area contributed by atoms with Crippen LogP contribution in [0.2, 0.25) is 0 Å². The van der Waals surface area contributed by atoms with Crippen LogP contribution in [0.15, 0.2) is 23.4 Å². The molecule has 138 valence electrons. The Morgan fingerprint density at radius 2 is 1.92 bits per heavy atom. The number of alkyl halides is 2. The molecule has 0 radical (unpaired) electrons. The zero-order valence-electron chi connectivity index (χ0n) is 14.7. The number of halogens is 2. The first-order chi connectivity index (χ1) is 11.8. The number of hydrogen-bond donors (Lipinski definition) is 0.